The minimum Gasteiger partial charge on any atom is -0.369 e. The van der Waals surface area contributed by atoms with Gasteiger partial charge in [-0.1, -0.05) is 17.8 Å². The van der Waals surface area contributed by atoms with Crippen molar-refractivity contribution in [3.05, 3.63) is 48.7 Å². The summed E-state index contributed by atoms with van der Waals surface area (Å²) in [5.41, 5.74) is 1.99. The van der Waals surface area contributed by atoms with E-state index in [4.69, 9.17) is 0 Å². The summed E-state index contributed by atoms with van der Waals surface area (Å²) in [5.74, 6) is 0.330. The Morgan fingerprint density at radius 3 is 2.52 bits per heavy atom. The summed E-state index contributed by atoms with van der Waals surface area (Å²) in [7, 11) is 0. The first kappa shape index (κ1) is 17.3. The van der Waals surface area contributed by atoms with Crippen LogP contribution in [-0.4, -0.2) is 29.2 Å². The molecule has 122 valence electrons. The van der Waals surface area contributed by atoms with Crippen molar-refractivity contribution < 1.29 is 4.79 Å². The molecule has 0 spiro atoms. The van der Waals surface area contributed by atoms with Crippen LogP contribution < -0.4 is 10.2 Å². The van der Waals surface area contributed by atoms with Gasteiger partial charge in [-0.05, 0) is 57.2 Å². The van der Waals surface area contributed by atoms with Gasteiger partial charge in [-0.3, -0.25) is 4.79 Å². The largest absolute Gasteiger partial charge is 0.369 e. The number of benzene rings is 1. The van der Waals surface area contributed by atoms with Gasteiger partial charge in [-0.2, -0.15) is 0 Å². The molecule has 0 atom stereocenters. The Morgan fingerprint density at radius 1 is 1.22 bits per heavy atom. The minimum atomic E-state index is -0.0235. The van der Waals surface area contributed by atoms with Crippen LogP contribution in [-0.2, 0) is 4.79 Å². The van der Waals surface area contributed by atoms with Crippen molar-refractivity contribution in [2.75, 3.05) is 22.5 Å². The minimum absolute atomic E-state index is 0.0235. The van der Waals surface area contributed by atoms with E-state index in [0.29, 0.717) is 11.8 Å². The average Bonchev–Trinajstić information content (AvgIpc) is 2.56. The summed E-state index contributed by atoms with van der Waals surface area (Å²) < 4.78 is 0. The van der Waals surface area contributed by atoms with Crippen molar-refractivity contribution in [3.63, 3.8) is 0 Å². The van der Waals surface area contributed by atoms with Gasteiger partial charge < -0.3 is 10.2 Å². The third-order valence-electron chi connectivity index (χ3n) is 3.44. The number of rotatable bonds is 7. The summed E-state index contributed by atoms with van der Waals surface area (Å²) in [6.45, 7) is 7.46. The number of carbonyl (C=O) groups excluding carboxylic acids is 1. The molecule has 2 rings (SSSR count). The first-order chi connectivity index (χ1) is 11.1. The summed E-state index contributed by atoms with van der Waals surface area (Å²) in [5, 5.41) is 3.77. The van der Waals surface area contributed by atoms with Gasteiger partial charge >= 0.3 is 0 Å². The summed E-state index contributed by atoms with van der Waals surface area (Å²) in [6.07, 6.45) is 1.73. The Hall–Kier alpha value is -2.01. The SMILES string of the molecule is CCN(c1ccc(NC(=O)CSc2ccccn2)cc1)C(C)C. The van der Waals surface area contributed by atoms with Crippen LogP contribution in [0.5, 0.6) is 0 Å². The number of hydrogen-bond acceptors (Lipinski definition) is 4. The Morgan fingerprint density at radius 2 is 1.96 bits per heavy atom. The fourth-order valence-corrected chi connectivity index (χ4v) is 3.01. The molecule has 0 aliphatic carbocycles. The smallest absolute Gasteiger partial charge is 0.234 e. The molecule has 5 heteroatoms. The van der Waals surface area contributed by atoms with Crippen molar-refractivity contribution in [1.82, 2.24) is 4.98 Å². The molecule has 0 unspecified atom stereocenters. The predicted octanol–water partition coefficient (Wildman–Crippen LogP) is 4.05. The first-order valence-corrected chi connectivity index (χ1v) is 8.79. The number of carbonyl (C=O) groups is 1. The highest BCUT2D eigenvalue weighted by Gasteiger charge is 2.09. The molecule has 1 aromatic heterocycles. The van der Waals surface area contributed by atoms with E-state index in [9.17, 15) is 4.79 Å². The summed E-state index contributed by atoms with van der Waals surface area (Å²) in [6, 6.07) is 14.1. The van der Waals surface area contributed by atoms with E-state index < -0.39 is 0 Å². The molecule has 0 aliphatic heterocycles. The number of pyridine rings is 1. The molecule has 0 radical (unpaired) electrons. The van der Waals surface area contributed by atoms with Gasteiger partial charge in [0, 0.05) is 30.2 Å². The summed E-state index contributed by atoms with van der Waals surface area (Å²) >= 11 is 1.43. The number of amides is 1. The van der Waals surface area contributed by atoms with Gasteiger partial charge in [0.15, 0.2) is 0 Å². The van der Waals surface area contributed by atoms with Gasteiger partial charge in [0.25, 0.3) is 0 Å². The lowest BCUT2D eigenvalue weighted by Gasteiger charge is -2.27. The number of thioether (sulfide) groups is 1. The van der Waals surface area contributed by atoms with E-state index in [2.05, 4.69) is 36.0 Å². The lowest BCUT2D eigenvalue weighted by atomic mass is 10.2. The average molecular weight is 329 g/mol. The molecule has 0 fully saturated rings. The molecule has 4 nitrogen and oxygen atoms in total. The molecule has 1 aromatic carbocycles. The zero-order valence-corrected chi connectivity index (χ0v) is 14.6. The maximum absolute atomic E-state index is 12.0. The van der Waals surface area contributed by atoms with Crippen LogP contribution in [0.4, 0.5) is 11.4 Å². The van der Waals surface area contributed by atoms with E-state index in [-0.39, 0.29) is 5.91 Å². The predicted molar refractivity (Wildman–Crippen MR) is 98.2 cm³/mol. The second kappa shape index (κ2) is 8.58. The zero-order valence-electron chi connectivity index (χ0n) is 13.8. The highest BCUT2D eigenvalue weighted by Crippen LogP contribution is 2.20. The normalized spacial score (nSPS) is 10.6. The first-order valence-electron chi connectivity index (χ1n) is 7.80. The van der Waals surface area contributed by atoms with Gasteiger partial charge in [0.2, 0.25) is 5.91 Å². The number of aromatic nitrogens is 1. The molecule has 0 bridgehead atoms. The fraction of sp³-hybridized carbons (Fsp3) is 0.333. The molecule has 1 heterocycles. The third-order valence-corrected chi connectivity index (χ3v) is 4.38. The zero-order chi connectivity index (χ0) is 16.7. The van der Waals surface area contributed by atoms with Crippen LogP contribution in [0.25, 0.3) is 0 Å². The van der Waals surface area contributed by atoms with Crippen molar-refractivity contribution in [2.24, 2.45) is 0 Å². The second-order valence-corrected chi connectivity index (χ2v) is 6.43. The molecule has 0 saturated carbocycles. The number of nitrogens with zero attached hydrogens (tertiary/aromatic N) is 2. The topological polar surface area (TPSA) is 45.2 Å². The van der Waals surface area contributed by atoms with E-state index in [0.717, 1.165) is 17.3 Å². The molecule has 1 amide bonds. The number of anilines is 2. The van der Waals surface area contributed by atoms with E-state index in [1.54, 1.807) is 6.20 Å². The third kappa shape index (κ3) is 5.28. The monoisotopic (exact) mass is 329 g/mol. The van der Waals surface area contributed by atoms with Crippen LogP contribution in [0.2, 0.25) is 0 Å². The van der Waals surface area contributed by atoms with Gasteiger partial charge in [-0.25, -0.2) is 4.98 Å². The van der Waals surface area contributed by atoms with Crippen molar-refractivity contribution in [3.8, 4) is 0 Å². The van der Waals surface area contributed by atoms with Gasteiger partial charge in [0.05, 0.1) is 10.8 Å². The fourth-order valence-electron chi connectivity index (χ4n) is 2.35. The van der Waals surface area contributed by atoms with Crippen LogP contribution in [0.1, 0.15) is 20.8 Å². The Kier molecular flexibility index (Phi) is 6.47. The van der Waals surface area contributed by atoms with Crippen molar-refractivity contribution in [2.45, 2.75) is 31.8 Å². The van der Waals surface area contributed by atoms with E-state index >= 15 is 0 Å². The van der Waals surface area contributed by atoms with Crippen molar-refractivity contribution in [1.29, 1.82) is 0 Å². The van der Waals surface area contributed by atoms with Crippen LogP contribution in [0.15, 0.2) is 53.7 Å². The molecular formula is C18H23N3OS. The van der Waals surface area contributed by atoms with E-state index in [1.165, 1.54) is 17.4 Å². The van der Waals surface area contributed by atoms with Crippen LogP contribution in [0.3, 0.4) is 0 Å². The van der Waals surface area contributed by atoms with Crippen LogP contribution >= 0.6 is 11.8 Å². The molecule has 0 aliphatic rings. The van der Waals surface area contributed by atoms with Crippen molar-refractivity contribution >= 4 is 29.0 Å². The highest BCUT2D eigenvalue weighted by molar-refractivity contribution is 7.99. The summed E-state index contributed by atoms with van der Waals surface area (Å²) in [4.78, 5) is 18.5. The Balaban J connectivity index is 1.89. The highest BCUT2D eigenvalue weighted by atomic mass is 32.2. The maximum Gasteiger partial charge on any atom is 0.234 e. The number of nitrogens with one attached hydrogen (secondary N) is 1. The van der Waals surface area contributed by atoms with E-state index in [1.807, 2.05) is 42.5 Å². The van der Waals surface area contributed by atoms with Gasteiger partial charge in [-0.15, -0.1) is 0 Å². The Labute approximate surface area is 142 Å². The molecule has 23 heavy (non-hydrogen) atoms. The van der Waals surface area contributed by atoms with Crippen LogP contribution in [0, 0.1) is 0 Å². The van der Waals surface area contributed by atoms with Gasteiger partial charge in [0.1, 0.15) is 0 Å². The molecule has 2 aromatic rings. The quantitative estimate of drug-likeness (QED) is 0.779. The maximum atomic E-state index is 12.0. The lowest BCUT2D eigenvalue weighted by Crippen LogP contribution is -2.30. The molecule has 0 saturated heterocycles. The second-order valence-electron chi connectivity index (χ2n) is 5.43. The number of hydrogen-bond donors (Lipinski definition) is 1. The Bertz CT molecular complexity index is 614. The molecular weight excluding hydrogens is 306 g/mol. The lowest BCUT2D eigenvalue weighted by molar-refractivity contribution is -0.113. The molecule has 1 N–H and O–H groups in total. The standard InChI is InChI=1S/C18H23N3OS/c1-4-21(14(2)3)16-10-8-15(9-11-16)20-17(22)13-23-18-7-5-6-12-19-18/h5-12,14H,4,13H2,1-3H3,(H,20,22).